The van der Waals surface area contributed by atoms with Crippen LogP contribution in [0, 0.1) is 5.92 Å². The summed E-state index contributed by atoms with van der Waals surface area (Å²) in [6, 6.07) is 0. The van der Waals surface area contributed by atoms with E-state index in [1.54, 1.807) is 0 Å². The lowest BCUT2D eigenvalue weighted by Crippen LogP contribution is -2.30. The van der Waals surface area contributed by atoms with E-state index < -0.39 is 6.10 Å². The number of hydrogen-bond donors (Lipinski definition) is 0. The molecule has 0 saturated heterocycles. The van der Waals surface area contributed by atoms with Gasteiger partial charge in [0.05, 0.1) is 0 Å². The van der Waals surface area contributed by atoms with Gasteiger partial charge < -0.3 is 14.2 Å². The highest BCUT2D eigenvalue weighted by atomic mass is 16.6. The summed E-state index contributed by atoms with van der Waals surface area (Å²) >= 11 is 0. The zero-order chi connectivity index (χ0) is 33.9. The molecule has 0 heterocycles. The lowest BCUT2D eigenvalue weighted by atomic mass is 10.0. The van der Waals surface area contributed by atoms with Crippen molar-refractivity contribution in [1.82, 2.24) is 0 Å². The summed E-state index contributed by atoms with van der Waals surface area (Å²) in [6.07, 6.45) is 31.3. The molecule has 0 aromatic carbocycles. The molecule has 0 radical (unpaired) electrons. The third-order valence-electron chi connectivity index (χ3n) is 8.79. The Hall–Kier alpha value is -1.59. The van der Waals surface area contributed by atoms with E-state index in [9.17, 15) is 14.4 Å². The highest BCUT2D eigenvalue weighted by Crippen LogP contribution is 2.15. The topological polar surface area (TPSA) is 78.9 Å². The third-order valence-corrected chi connectivity index (χ3v) is 8.79. The summed E-state index contributed by atoms with van der Waals surface area (Å²) in [6.45, 7) is 8.86. The fourth-order valence-electron chi connectivity index (χ4n) is 5.74. The molecule has 1 atom stereocenters. The van der Waals surface area contributed by atoms with E-state index in [1.165, 1.54) is 103 Å². The first-order chi connectivity index (χ1) is 22.4. The smallest absolute Gasteiger partial charge is 0.306 e. The van der Waals surface area contributed by atoms with Gasteiger partial charge in [0.15, 0.2) is 6.10 Å². The number of carbonyl (C=O) groups excluding carboxylic acids is 3. The maximum atomic E-state index is 12.5. The Morgan fingerprint density at radius 3 is 1.07 bits per heavy atom. The molecule has 0 aliphatic heterocycles. The van der Waals surface area contributed by atoms with E-state index in [0.717, 1.165) is 70.1 Å². The Kier molecular flexibility index (Phi) is 33.5. The van der Waals surface area contributed by atoms with Crippen molar-refractivity contribution in [2.24, 2.45) is 5.92 Å². The minimum Gasteiger partial charge on any atom is -0.462 e. The predicted octanol–water partition coefficient (Wildman–Crippen LogP) is 12.0. The minimum atomic E-state index is -0.755. The Labute approximate surface area is 285 Å². The summed E-state index contributed by atoms with van der Waals surface area (Å²) in [5.41, 5.74) is 0. The van der Waals surface area contributed by atoms with Crippen LogP contribution in [-0.4, -0.2) is 37.2 Å². The first-order valence-corrected chi connectivity index (χ1v) is 19.9. The molecule has 0 aromatic heterocycles. The van der Waals surface area contributed by atoms with Crippen LogP contribution in [0.25, 0.3) is 0 Å². The van der Waals surface area contributed by atoms with Gasteiger partial charge in [-0.15, -0.1) is 0 Å². The molecule has 0 unspecified atom stereocenters. The summed E-state index contributed by atoms with van der Waals surface area (Å²) in [7, 11) is 0. The summed E-state index contributed by atoms with van der Waals surface area (Å²) < 4.78 is 16.5. The number of rotatable bonds is 35. The molecule has 6 nitrogen and oxygen atoms in total. The van der Waals surface area contributed by atoms with Crippen LogP contribution in [0.5, 0.6) is 0 Å². The molecule has 0 bridgehead atoms. The van der Waals surface area contributed by atoms with Crippen LogP contribution in [0.15, 0.2) is 0 Å². The van der Waals surface area contributed by atoms with Crippen molar-refractivity contribution in [3.8, 4) is 0 Å². The average Bonchev–Trinajstić information content (AvgIpc) is 3.03. The van der Waals surface area contributed by atoms with Gasteiger partial charge in [0.25, 0.3) is 0 Å². The molecule has 0 saturated carbocycles. The SMILES string of the molecule is CCCCCCCCCC(=O)O[C@H](COC(=O)CCCCCCC)COC(=O)CCCCCCCCCCCCCCCC(C)C. The molecule has 0 aromatic rings. The van der Waals surface area contributed by atoms with Gasteiger partial charge in [-0.25, -0.2) is 0 Å². The van der Waals surface area contributed by atoms with E-state index in [2.05, 4.69) is 27.7 Å². The third kappa shape index (κ3) is 33.8. The maximum absolute atomic E-state index is 12.5. The number of carbonyl (C=O) groups is 3. The van der Waals surface area contributed by atoms with Crippen LogP contribution in [0.2, 0.25) is 0 Å². The fraction of sp³-hybridized carbons (Fsp3) is 0.925. The second-order valence-corrected chi connectivity index (χ2v) is 14.0. The Morgan fingerprint density at radius 1 is 0.413 bits per heavy atom. The van der Waals surface area contributed by atoms with E-state index in [4.69, 9.17) is 14.2 Å². The normalized spacial score (nSPS) is 11.9. The zero-order valence-corrected chi connectivity index (χ0v) is 31.0. The number of unbranched alkanes of at least 4 members (excludes halogenated alkanes) is 22. The molecule has 0 aliphatic carbocycles. The fourth-order valence-corrected chi connectivity index (χ4v) is 5.74. The molecule has 272 valence electrons. The van der Waals surface area contributed by atoms with Crippen molar-refractivity contribution >= 4 is 17.9 Å². The zero-order valence-electron chi connectivity index (χ0n) is 31.0. The van der Waals surface area contributed by atoms with Crippen molar-refractivity contribution in [1.29, 1.82) is 0 Å². The van der Waals surface area contributed by atoms with Crippen molar-refractivity contribution < 1.29 is 28.6 Å². The van der Waals surface area contributed by atoms with Gasteiger partial charge in [-0.2, -0.15) is 0 Å². The second kappa shape index (κ2) is 34.7. The number of esters is 3. The van der Waals surface area contributed by atoms with Gasteiger partial charge in [0.1, 0.15) is 13.2 Å². The van der Waals surface area contributed by atoms with Crippen LogP contribution >= 0.6 is 0 Å². The lowest BCUT2D eigenvalue weighted by Gasteiger charge is -2.18. The second-order valence-electron chi connectivity index (χ2n) is 14.0. The van der Waals surface area contributed by atoms with E-state index in [1.807, 2.05) is 0 Å². The first-order valence-electron chi connectivity index (χ1n) is 19.9. The van der Waals surface area contributed by atoms with Crippen LogP contribution in [0.4, 0.5) is 0 Å². The van der Waals surface area contributed by atoms with Crippen molar-refractivity contribution in [2.75, 3.05) is 13.2 Å². The molecule has 0 rings (SSSR count). The molecule has 0 N–H and O–H groups in total. The lowest BCUT2D eigenvalue weighted by molar-refractivity contribution is -0.167. The molecule has 0 aliphatic rings. The molecule has 6 heteroatoms. The van der Waals surface area contributed by atoms with Crippen LogP contribution in [0.1, 0.15) is 214 Å². The summed E-state index contributed by atoms with van der Waals surface area (Å²) in [4.78, 5) is 37.1. The van der Waals surface area contributed by atoms with Gasteiger partial charge >= 0.3 is 17.9 Å². The predicted molar refractivity (Wildman–Crippen MR) is 192 cm³/mol. The molecule has 0 spiro atoms. The van der Waals surface area contributed by atoms with Crippen LogP contribution < -0.4 is 0 Å². The standard InChI is InChI=1S/C40H76O6/c1-5-7-9-11-19-25-29-33-40(43)46-37(34-44-38(41)31-27-22-10-8-6-2)35-45-39(42)32-28-24-21-18-16-14-12-13-15-17-20-23-26-30-36(3)4/h36-37H,5-35H2,1-4H3/t37-/m1/s1. The Balaban J connectivity index is 4.13. The minimum absolute atomic E-state index is 0.0662. The summed E-state index contributed by atoms with van der Waals surface area (Å²) in [5.74, 6) is -0.0435. The van der Waals surface area contributed by atoms with E-state index >= 15 is 0 Å². The van der Waals surface area contributed by atoms with Gasteiger partial charge in [-0.1, -0.05) is 175 Å². The van der Waals surface area contributed by atoms with Crippen molar-refractivity contribution in [3.63, 3.8) is 0 Å². The maximum Gasteiger partial charge on any atom is 0.306 e. The highest BCUT2D eigenvalue weighted by Gasteiger charge is 2.19. The summed E-state index contributed by atoms with van der Waals surface area (Å²) in [5, 5.41) is 0. The number of hydrogen-bond acceptors (Lipinski definition) is 6. The van der Waals surface area contributed by atoms with Crippen LogP contribution in [0.3, 0.4) is 0 Å². The van der Waals surface area contributed by atoms with Crippen LogP contribution in [-0.2, 0) is 28.6 Å². The van der Waals surface area contributed by atoms with Crippen molar-refractivity contribution in [2.45, 2.75) is 220 Å². The van der Waals surface area contributed by atoms with Gasteiger partial charge in [0, 0.05) is 19.3 Å². The first kappa shape index (κ1) is 44.4. The molecule has 0 amide bonds. The Morgan fingerprint density at radius 2 is 0.717 bits per heavy atom. The average molecular weight is 653 g/mol. The highest BCUT2D eigenvalue weighted by molar-refractivity contribution is 5.71. The monoisotopic (exact) mass is 653 g/mol. The number of ether oxygens (including phenoxy) is 3. The quantitative estimate of drug-likeness (QED) is 0.0385. The van der Waals surface area contributed by atoms with Crippen molar-refractivity contribution in [3.05, 3.63) is 0 Å². The largest absolute Gasteiger partial charge is 0.462 e. The molecular formula is C40H76O6. The Bertz CT molecular complexity index is 691. The van der Waals surface area contributed by atoms with E-state index in [0.29, 0.717) is 19.3 Å². The van der Waals surface area contributed by atoms with Gasteiger partial charge in [-0.05, 0) is 25.2 Å². The van der Waals surface area contributed by atoms with Gasteiger partial charge in [-0.3, -0.25) is 14.4 Å². The molecular weight excluding hydrogens is 576 g/mol. The van der Waals surface area contributed by atoms with Gasteiger partial charge in [0.2, 0.25) is 0 Å². The molecule has 46 heavy (non-hydrogen) atoms. The van der Waals surface area contributed by atoms with E-state index in [-0.39, 0.29) is 31.1 Å². The molecule has 0 fully saturated rings.